The Bertz CT molecular complexity index is 712. The monoisotopic (exact) mass is 277 g/mol. The summed E-state index contributed by atoms with van der Waals surface area (Å²) < 4.78 is 5.14. The van der Waals surface area contributed by atoms with E-state index < -0.39 is 0 Å². The van der Waals surface area contributed by atoms with E-state index in [0.29, 0.717) is 5.82 Å². The number of aromatic nitrogens is 2. The number of hydrogen-bond acceptors (Lipinski definition) is 4. The van der Waals surface area contributed by atoms with Gasteiger partial charge in [-0.05, 0) is 30.3 Å². The highest BCUT2D eigenvalue weighted by atomic mass is 16.5. The molecular formula is C17H15N3O. The minimum atomic E-state index is 0.703. The van der Waals surface area contributed by atoms with E-state index in [1.54, 1.807) is 13.3 Å². The third-order valence-corrected chi connectivity index (χ3v) is 3.05. The molecule has 0 aliphatic carbocycles. The number of benzene rings is 2. The molecule has 1 aromatic heterocycles. The van der Waals surface area contributed by atoms with Crippen LogP contribution in [0.1, 0.15) is 0 Å². The predicted molar refractivity (Wildman–Crippen MR) is 83.7 cm³/mol. The Morgan fingerprint density at radius 2 is 1.67 bits per heavy atom. The zero-order chi connectivity index (χ0) is 14.5. The average molecular weight is 277 g/mol. The van der Waals surface area contributed by atoms with E-state index in [1.807, 2.05) is 60.7 Å². The normalized spacial score (nSPS) is 10.1. The van der Waals surface area contributed by atoms with Crippen LogP contribution in [-0.4, -0.2) is 17.1 Å². The van der Waals surface area contributed by atoms with Gasteiger partial charge in [0.15, 0.2) is 5.82 Å². The van der Waals surface area contributed by atoms with Gasteiger partial charge in [0.2, 0.25) is 0 Å². The number of methoxy groups -OCH3 is 1. The highest BCUT2D eigenvalue weighted by Gasteiger charge is 2.02. The van der Waals surface area contributed by atoms with Crippen LogP contribution in [0.15, 0.2) is 66.9 Å². The van der Waals surface area contributed by atoms with Gasteiger partial charge in [-0.25, -0.2) is 9.97 Å². The summed E-state index contributed by atoms with van der Waals surface area (Å²) in [5.74, 6) is 2.29. The lowest BCUT2D eigenvalue weighted by atomic mass is 10.2. The van der Waals surface area contributed by atoms with Crippen molar-refractivity contribution in [1.82, 2.24) is 9.97 Å². The Balaban J connectivity index is 1.83. The molecular weight excluding hydrogens is 262 g/mol. The minimum absolute atomic E-state index is 0.703. The first kappa shape index (κ1) is 13.1. The molecule has 104 valence electrons. The maximum absolute atomic E-state index is 5.14. The second-order valence-corrected chi connectivity index (χ2v) is 4.49. The van der Waals surface area contributed by atoms with E-state index in [1.165, 1.54) is 0 Å². The van der Waals surface area contributed by atoms with Gasteiger partial charge in [-0.15, -0.1) is 0 Å². The number of rotatable bonds is 4. The summed E-state index contributed by atoms with van der Waals surface area (Å²) >= 11 is 0. The number of nitrogens with one attached hydrogen (secondary N) is 1. The van der Waals surface area contributed by atoms with Crippen molar-refractivity contribution >= 4 is 11.5 Å². The van der Waals surface area contributed by atoms with Crippen LogP contribution in [0.25, 0.3) is 11.4 Å². The average Bonchev–Trinajstić information content (AvgIpc) is 2.57. The third kappa shape index (κ3) is 3.17. The Morgan fingerprint density at radius 1 is 0.905 bits per heavy atom. The molecule has 0 bridgehead atoms. The molecule has 3 aromatic rings. The van der Waals surface area contributed by atoms with Gasteiger partial charge in [-0.1, -0.05) is 30.3 Å². The van der Waals surface area contributed by atoms with Gasteiger partial charge in [0.1, 0.15) is 11.6 Å². The Kier molecular flexibility index (Phi) is 3.78. The van der Waals surface area contributed by atoms with E-state index >= 15 is 0 Å². The summed E-state index contributed by atoms with van der Waals surface area (Å²) in [4.78, 5) is 8.83. The molecule has 0 radical (unpaired) electrons. The van der Waals surface area contributed by atoms with Gasteiger partial charge in [-0.3, -0.25) is 0 Å². The molecule has 0 aliphatic heterocycles. The van der Waals surface area contributed by atoms with Crippen LogP contribution in [0.2, 0.25) is 0 Å². The maximum atomic E-state index is 5.14. The SMILES string of the molecule is COc1ccc(Nc2ccnc(-c3ccccc3)n2)cc1. The summed E-state index contributed by atoms with van der Waals surface area (Å²) in [6.07, 6.45) is 1.75. The lowest BCUT2D eigenvalue weighted by Gasteiger charge is -2.08. The van der Waals surface area contributed by atoms with Crippen molar-refractivity contribution in [3.05, 3.63) is 66.9 Å². The number of nitrogens with zero attached hydrogens (tertiary/aromatic N) is 2. The van der Waals surface area contributed by atoms with E-state index in [-0.39, 0.29) is 0 Å². The molecule has 21 heavy (non-hydrogen) atoms. The zero-order valence-corrected chi connectivity index (χ0v) is 11.7. The summed E-state index contributed by atoms with van der Waals surface area (Å²) in [6.45, 7) is 0. The number of hydrogen-bond donors (Lipinski definition) is 1. The maximum Gasteiger partial charge on any atom is 0.161 e. The Labute approximate surface area is 123 Å². The van der Waals surface area contributed by atoms with Crippen molar-refractivity contribution in [2.24, 2.45) is 0 Å². The van der Waals surface area contributed by atoms with Crippen LogP contribution >= 0.6 is 0 Å². The molecule has 0 spiro atoms. The van der Waals surface area contributed by atoms with Crippen molar-refractivity contribution < 1.29 is 4.74 Å². The topological polar surface area (TPSA) is 47.0 Å². The fraction of sp³-hybridized carbons (Fsp3) is 0.0588. The standard InChI is InChI=1S/C17H15N3O/c1-21-15-9-7-14(8-10-15)19-16-11-12-18-17(20-16)13-5-3-2-4-6-13/h2-12H,1H3,(H,18,19,20). The largest absolute Gasteiger partial charge is 0.497 e. The molecule has 0 saturated carbocycles. The van der Waals surface area contributed by atoms with Crippen molar-refractivity contribution in [3.63, 3.8) is 0 Å². The fourth-order valence-electron chi connectivity index (χ4n) is 1.98. The lowest BCUT2D eigenvalue weighted by molar-refractivity contribution is 0.415. The molecule has 1 heterocycles. The predicted octanol–water partition coefficient (Wildman–Crippen LogP) is 3.90. The van der Waals surface area contributed by atoms with Gasteiger partial charge in [0.05, 0.1) is 7.11 Å². The van der Waals surface area contributed by atoms with Crippen molar-refractivity contribution in [2.45, 2.75) is 0 Å². The molecule has 2 aromatic carbocycles. The van der Waals surface area contributed by atoms with Gasteiger partial charge in [0, 0.05) is 17.4 Å². The van der Waals surface area contributed by atoms with Gasteiger partial charge in [-0.2, -0.15) is 0 Å². The molecule has 1 N–H and O–H groups in total. The Morgan fingerprint density at radius 3 is 2.38 bits per heavy atom. The second-order valence-electron chi connectivity index (χ2n) is 4.49. The first-order valence-corrected chi connectivity index (χ1v) is 6.65. The molecule has 3 rings (SSSR count). The van der Waals surface area contributed by atoms with Crippen LogP contribution in [0.4, 0.5) is 11.5 Å². The zero-order valence-electron chi connectivity index (χ0n) is 11.7. The summed E-state index contributed by atoms with van der Waals surface area (Å²) in [7, 11) is 1.65. The molecule has 0 aliphatic rings. The van der Waals surface area contributed by atoms with Crippen LogP contribution in [0, 0.1) is 0 Å². The van der Waals surface area contributed by atoms with E-state index in [9.17, 15) is 0 Å². The molecule has 0 fully saturated rings. The number of anilines is 2. The van der Waals surface area contributed by atoms with E-state index in [0.717, 1.165) is 22.8 Å². The molecule has 4 heteroatoms. The summed E-state index contributed by atoms with van der Waals surface area (Å²) in [5.41, 5.74) is 1.95. The lowest BCUT2D eigenvalue weighted by Crippen LogP contribution is -1.96. The van der Waals surface area contributed by atoms with E-state index in [4.69, 9.17) is 4.74 Å². The fourth-order valence-corrected chi connectivity index (χ4v) is 1.98. The van der Waals surface area contributed by atoms with Crippen LogP contribution in [0.3, 0.4) is 0 Å². The van der Waals surface area contributed by atoms with Gasteiger partial charge in [0.25, 0.3) is 0 Å². The Hall–Kier alpha value is -2.88. The quantitative estimate of drug-likeness (QED) is 0.785. The molecule has 4 nitrogen and oxygen atoms in total. The van der Waals surface area contributed by atoms with Crippen molar-refractivity contribution in [1.29, 1.82) is 0 Å². The minimum Gasteiger partial charge on any atom is -0.497 e. The molecule has 0 atom stereocenters. The van der Waals surface area contributed by atoms with Crippen LogP contribution in [-0.2, 0) is 0 Å². The summed E-state index contributed by atoms with van der Waals surface area (Å²) in [6, 6.07) is 19.5. The van der Waals surface area contributed by atoms with Gasteiger partial charge >= 0.3 is 0 Å². The molecule has 0 saturated heterocycles. The second kappa shape index (κ2) is 6.05. The van der Waals surface area contributed by atoms with Crippen LogP contribution < -0.4 is 10.1 Å². The van der Waals surface area contributed by atoms with Gasteiger partial charge < -0.3 is 10.1 Å². The number of ether oxygens (including phenoxy) is 1. The van der Waals surface area contributed by atoms with Crippen LogP contribution in [0.5, 0.6) is 5.75 Å². The first-order valence-electron chi connectivity index (χ1n) is 6.65. The smallest absolute Gasteiger partial charge is 0.161 e. The van der Waals surface area contributed by atoms with Crippen molar-refractivity contribution in [2.75, 3.05) is 12.4 Å². The van der Waals surface area contributed by atoms with E-state index in [2.05, 4.69) is 15.3 Å². The van der Waals surface area contributed by atoms with Crippen molar-refractivity contribution in [3.8, 4) is 17.1 Å². The summed E-state index contributed by atoms with van der Waals surface area (Å²) in [5, 5.41) is 3.26. The molecule has 0 amide bonds. The highest BCUT2D eigenvalue weighted by Crippen LogP contribution is 2.20. The first-order chi connectivity index (χ1) is 10.3. The highest BCUT2D eigenvalue weighted by molar-refractivity contribution is 5.61. The molecule has 0 unspecified atom stereocenters. The third-order valence-electron chi connectivity index (χ3n) is 3.05.